The van der Waals surface area contributed by atoms with Crippen LogP contribution >= 0.6 is 0 Å². The van der Waals surface area contributed by atoms with Gasteiger partial charge in [0.25, 0.3) is 0 Å². The first-order chi connectivity index (χ1) is 18.8. The van der Waals surface area contributed by atoms with Gasteiger partial charge in [-0.2, -0.15) is 0 Å². The van der Waals surface area contributed by atoms with Crippen LogP contribution in [0, 0.1) is 0 Å². The van der Waals surface area contributed by atoms with Gasteiger partial charge < -0.3 is 4.74 Å². The molecule has 3 N–H and O–H groups in total. The van der Waals surface area contributed by atoms with Crippen molar-refractivity contribution in [1.29, 1.82) is 0 Å². The number of alkyl carbamates (subject to hydrolysis) is 1. The molecular formula is C28H39AsN4O6S. The number of amides is 1. The summed E-state index contributed by atoms with van der Waals surface area (Å²) in [6.45, 7) is 4.90. The van der Waals surface area contributed by atoms with Crippen LogP contribution in [-0.4, -0.2) is 76.4 Å². The molecule has 2 aromatic carbocycles. The third kappa shape index (κ3) is 7.57. The number of hydrogen-bond acceptors (Lipinski definition) is 7. The van der Waals surface area contributed by atoms with Crippen LogP contribution in [0.5, 0.6) is 5.75 Å². The summed E-state index contributed by atoms with van der Waals surface area (Å²) < 4.78 is 44.1. The summed E-state index contributed by atoms with van der Waals surface area (Å²) in [7, 11) is -2.22. The Balaban J connectivity index is 1.57. The number of aliphatic hydroxyl groups is 1. The number of hydrogen-bond donors (Lipinski definition) is 3. The van der Waals surface area contributed by atoms with E-state index in [0.29, 0.717) is 5.52 Å². The molecule has 1 aromatic heterocycles. The summed E-state index contributed by atoms with van der Waals surface area (Å²) in [6, 6.07) is 11.8. The molecule has 0 bridgehead atoms. The van der Waals surface area contributed by atoms with Crippen molar-refractivity contribution in [3.05, 3.63) is 48.0 Å². The van der Waals surface area contributed by atoms with Gasteiger partial charge in [0.2, 0.25) is 0 Å². The number of aromatic nitrogens is 2. The summed E-state index contributed by atoms with van der Waals surface area (Å²) in [5.41, 5.74) is 1.43. The van der Waals surface area contributed by atoms with Crippen LogP contribution in [0.4, 0.5) is 4.79 Å². The molecule has 10 nitrogen and oxygen atoms in total. The molecule has 218 valence electrons. The van der Waals surface area contributed by atoms with E-state index in [1.54, 1.807) is 26.8 Å². The van der Waals surface area contributed by atoms with E-state index >= 15 is 0 Å². The number of aliphatic hydroxyl groups excluding tert-OH is 1. The molecule has 0 saturated heterocycles. The van der Waals surface area contributed by atoms with Crippen molar-refractivity contribution in [3.63, 3.8) is 0 Å². The Bertz CT molecular complexity index is 1430. The number of carbonyl (C=O) groups is 1. The summed E-state index contributed by atoms with van der Waals surface area (Å²) in [6.07, 6.45) is 2.04. The van der Waals surface area contributed by atoms with E-state index in [4.69, 9.17) is 9.47 Å². The number of aryl methyl sites for hydroxylation is 1. The molecule has 1 unspecified atom stereocenters. The Kier molecular flexibility index (Phi) is 9.50. The van der Waals surface area contributed by atoms with Gasteiger partial charge in [0.15, 0.2) is 0 Å². The fourth-order valence-corrected chi connectivity index (χ4v) is 6.50. The number of fused-ring (bicyclic) bond motifs is 1. The van der Waals surface area contributed by atoms with E-state index in [9.17, 15) is 18.3 Å². The van der Waals surface area contributed by atoms with Crippen LogP contribution in [0.2, 0.25) is 0 Å². The molecule has 0 aliphatic heterocycles. The quantitative estimate of drug-likeness (QED) is 0.291. The van der Waals surface area contributed by atoms with Gasteiger partial charge in [-0.05, 0) is 20.8 Å². The summed E-state index contributed by atoms with van der Waals surface area (Å²) in [5.74, 6) is 0.235. The molecule has 1 amide bonds. The van der Waals surface area contributed by atoms with Gasteiger partial charge in [-0.15, -0.1) is 0 Å². The van der Waals surface area contributed by atoms with Crippen molar-refractivity contribution in [2.45, 2.75) is 81.6 Å². The van der Waals surface area contributed by atoms with Crippen LogP contribution < -0.4 is 19.4 Å². The zero-order valence-electron chi connectivity index (χ0n) is 23.4. The van der Waals surface area contributed by atoms with Gasteiger partial charge >= 0.3 is 179 Å². The van der Waals surface area contributed by atoms with Crippen LogP contribution in [0.1, 0.15) is 52.0 Å². The third-order valence-electron chi connectivity index (χ3n) is 6.83. The molecule has 40 heavy (non-hydrogen) atoms. The maximum absolute atomic E-state index is 13.6. The second-order valence-electron chi connectivity index (χ2n) is 11.2. The Hall–Kier alpha value is -2.59. The van der Waals surface area contributed by atoms with E-state index in [-0.39, 0.29) is 29.7 Å². The first-order valence-electron chi connectivity index (χ1n) is 13.5. The van der Waals surface area contributed by atoms with E-state index < -0.39 is 33.9 Å². The van der Waals surface area contributed by atoms with Crippen molar-refractivity contribution < 1.29 is 27.8 Å². The van der Waals surface area contributed by atoms with Crippen LogP contribution in [0.15, 0.2) is 47.4 Å². The van der Waals surface area contributed by atoms with E-state index in [2.05, 4.69) is 15.0 Å². The summed E-state index contributed by atoms with van der Waals surface area (Å²) in [4.78, 5) is 17.1. The first kappa shape index (κ1) is 30.4. The van der Waals surface area contributed by atoms with Gasteiger partial charge in [0.1, 0.15) is 5.60 Å². The molecule has 1 saturated carbocycles. The number of benzene rings is 2. The Morgan fingerprint density at radius 3 is 2.50 bits per heavy atom. The minimum absolute atomic E-state index is 0.0237. The normalized spacial score (nSPS) is 16.1. The third-order valence-corrected chi connectivity index (χ3v) is 9.36. The maximum atomic E-state index is 13.6. The Morgan fingerprint density at radius 1 is 1.18 bits per heavy atom. The average molecular weight is 635 g/mol. The van der Waals surface area contributed by atoms with Gasteiger partial charge in [-0.25, -0.2) is 4.79 Å². The Labute approximate surface area is 244 Å². The van der Waals surface area contributed by atoms with E-state index in [0.717, 1.165) is 41.4 Å². The van der Waals surface area contributed by atoms with Gasteiger partial charge in [-0.3, -0.25) is 0 Å². The molecule has 1 aliphatic carbocycles. The second kappa shape index (κ2) is 12.5. The monoisotopic (exact) mass is 634 g/mol. The SMILES string of the molecule is Cn1c([AsH2])nc2c(OC3CCCC3)c(S(=O)(=O)NC[C@@H](O)[C@H](Cc3ccccc3)NC(=O)OC(C)(C)C)ccc21. The molecule has 4 rings (SSSR count). The topological polar surface area (TPSA) is 132 Å². The molecular weight excluding hydrogens is 595 g/mol. The van der Waals surface area contributed by atoms with Crippen LogP contribution in [0.25, 0.3) is 11.0 Å². The van der Waals surface area contributed by atoms with Gasteiger partial charge in [-0.1, -0.05) is 30.3 Å². The number of sulfonamides is 1. The molecule has 0 radical (unpaired) electrons. The van der Waals surface area contributed by atoms with Gasteiger partial charge in [0, 0.05) is 0 Å². The molecule has 1 heterocycles. The molecule has 3 atom stereocenters. The Morgan fingerprint density at radius 2 is 1.85 bits per heavy atom. The predicted molar refractivity (Wildman–Crippen MR) is 156 cm³/mol. The molecule has 3 aromatic rings. The number of ether oxygens (including phenoxy) is 2. The summed E-state index contributed by atoms with van der Waals surface area (Å²) >= 11 is 1.33. The first-order valence-corrected chi connectivity index (χ1v) is 16.2. The number of rotatable bonds is 10. The predicted octanol–water partition coefficient (Wildman–Crippen LogP) is 1.93. The van der Waals surface area contributed by atoms with Crippen molar-refractivity contribution in [3.8, 4) is 5.75 Å². The number of carbonyl (C=O) groups excluding carboxylic acids is 1. The van der Waals surface area contributed by atoms with Crippen molar-refractivity contribution >= 4 is 48.6 Å². The summed E-state index contributed by atoms with van der Waals surface area (Å²) in [5, 5.41) is 13.8. The molecule has 1 fully saturated rings. The fraction of sp³-hybridized carbons (Fsp3) is 0.500. The van der Waals surface area contributed by atoms with Crippen molar-refractivity contribution in [1.82, 2.24) is 19.6 Å². The number of imidazole rings is 1. The van der Waals surface area contributed by atoms with E-state index in [1.807, 2.05) is 41.9 Å². The minimum atomic E-state index is -4.11. The van der Waals surface area contributed by atoms with Crippen LogP contribution in [-0.2, 0) is 28.2 Å². The fourth-order valence-electron chi connectivity index (χ4n) is 4.76. The van der Waals surface area contributed by atoms with Crippen molar-refractivity contribution in [2.75, 3.05) is 6.54 Å². The van der Waals surface area contributed by atoms with Crippen molar-refractivity contribution in [2.24, 2.45) is 7.05 Å². The average Bonchev–Trinajstić information content (AvgIpc) is 3.50. The standard InChI is InChI=1S/C28H39AsN4O6S/c1-28(2,3)39-27(35)31-20(16-18-10-6-5-7-11-18)22(34)17-30-40(36,37)23-15-14-21-24(32-26(29)33(21)4)25(23)38-19-12-8-9-13-19/h5-7,10-11,14-15,19-20,22,30,34H,8-9,12-13,16-17,29H2,1-4H3,(H,31,35)/t20-,22+/m0/s1. The zero-order chi connectivity index (χ0) is 29.1. The second-order valence-corrected chi connectivity index (χ2v) is 14.0. The number of nitrogens with zero attached hydrogens (tertiary/aromatic N) is 2. The van der Waals surface area contributed by atoms with Crippen LogP contribution in [0.3, 0.4) is 0 Å². The number of nitrogens with one attached hydrogen (secondary N) is 2. The molecule has 0 spiro atoms. The van der Waals surface area contributed by atoms with Gasteiger partial charge in [0.05, 0.1) is 0 Å². The molecule has 1 aliphatic rings. The molecule has 12 heteroatoms. The zero-order valence-corrected chi connectivity index (χ0v) is 26.6. The van der Waals surface area contributed by atoms with E-state index in [1.165, 1.54) is 22.9 Å².